The summed E-state index contributed by atoms with van der Waals surface area (Å²) in [5.74, 6) is -0.0805. The molecule has 0 aliphatic rings. The van der Waals surface area contributed by atoms with Gasteiger partial charge in [-0.2, -0.15) is 0 Å². The number of benzene rings is 1. The molecule has 0 bridgehead atoms. The van der Waals surface area contributed by atoms with Crippen molar-refractivity contribution < 1.29 is 4.79 Å². The summed E-state index contributed by atoms with van der Waals surface area (Å²) >= 11 is 8.25. The summed E-state index contributed by atoms with van der Waals surface area (Å²) in [7, 11) is 0. The molecule has 0 fully saturated rings. The Balaban J connectivity index is 2.60. The van der Waals surface area contributed by atoms with Crippen molar-refractivity contribution in [1.82, 2.24) is 4.90 Å². The molecule has 3 N–H and O–H groups in total. The molecule has 1 aromatic carbocycles. The first-order valence-corrected chi connectivity index (χ1v) is 7.16. The summed E-state index contributed by atoms with van der Waals surface area (Å²) in [4.78, 5) is 14.3. The zero-order valence-corrected chi connectivity index (χ0v) is 13.4. The van der Waals surface area contributed by atoms with Crippen molar-refractivity contribution in [3.63, 3.8) is 0 Å². The van der Waals surface area contributed by atoms with Crippen molar-refractivity contribution >= 4 is 44.7 Å². The van der Waals surface area contributed by atoms with Crippen LogP contribution in [0.5, 0.6) is 0 Å². The van der Waals surface area contributed by atoms with Crippen molar-refractivity contribution in [2.24, 2.45) is 5.73 Å². The third-order valence-corrected chi connectivity index (χ3v) is 3.17. The highest BCUT2D eigenvalue weighted by Gasteiger charge is 2.14. The number of carbonyl (C=O) groups excluding carboxylic acids is 1. The van der Waals surface area contributed by atoms with Crippen LogP contribution in [0.3, 0.4) is 0 Å². The van der Waals surface area contributed by atoms with Crippen molar-refractivity contribution in [3.8, 4) is 0 Å². The molecule has 1 aromatic rings. The van der Waals surface area contributed by atoms with Crippen LogP contribution in [-0.2, 0) is 4.79 Å². The lowest BCUT2D eigenvalue weighted by Crippen LogP contribution is -2.42. The number of nitrogens with one attached hydrogen (secondary N) is 1. The predicted molar refractivity (Wildman–Crippen MR) is 86.3 cm³/mol. The van der Waals surface area contributed by atoms with Crippen LogP contribution >= 0.6 is 28.1 Å². The van der Waals surface area contributed by atoms with E-state index in [0.717, 1.165) is 10.2 Å². The fourth-order valence-electron chi connectivity index (χ4n) is 1.57. The average Bonchev–Trinajstić information content (AvgIpc) is 2.27. The van der Waals surface area contributed by atoms with Crippen LogP contribution in [0, 0.1) is 0 Å². The van der Waals surface area contributed by atoms with Gasteiger partial charge in [-0.05, 0) is 32.0 Å². The van der Waals surface area contributed by atoms with E-state index in [1.54, 1.807) is 0 Å². The number of hydrogen-bond acceptors (Lipinski definition) is 3. The van der Waals surface area contributed by atoms with E-state index in [-0.39, 0.29) is 18.5 Å². The quantitative estimate of drug-likeness (QED) is 0.778. The molecule has 0 aliphatic heterocycles. The minimum atomic E-state index is -0.0805. The van der Waals surface area contributed by atoms with E-state index in [2.05, 4.69) is 21.2 Å². The molecule has 19 heavy (non-hydrogen) atoms. The van der Waals surface area contributed by atoms with E-state index < -0.39 is 0 Å². The molecular formula is C13H18BrN3OS. The van der Waals surface area contributed by atoms with Crippen LogP contribution in [0.1, 0.15) is 13.8 Å². The molecule has 0 spiro atoms. The van der Waals surface area contributed by atoms with Gasteiger partial charge in [0.05, 0.1) is 11.5 Å². The molecule has 1 rings (SSSR count). The van der Waals surface area contributed by atoms with Crippen LogP contribution in [0.15, 0.2) is 28.7 Å². The van der Waals surface area contributed by atoms with Crippen molar-refractivity contribution in [3.05, 3.63) is 28.7 Å². The van der Waals surface area contributed by atoms with Gasteiger partial charge in [0.2, 0.25) is 5.91 Å². The second kappa shape index (κ2) is 7.57. The maximum absolute atomic E-state index is 12.0. The van der Waals surface area contributed by atoms with Gasteiger partial charge >= 0.3 is 0 Å². The van der Waals surface area contributed by atoms with E-state index >= 15 is 0 Å². The fourth-order valence-corrected chi connectivity index (χ4v) is 2.14. The number of rotatable bonds is 6. The summed E-state index contributed by atoms with van der Waals surface area (Å²) in [6.45, 7) is 4.72. The van der Waals surface area contributed by atoms with Gasteiger partial charge in [0.15, 0.2) is 0 Å². The first-order valence-electron chi connectivity index (χ1n) is 5.96. The third-order valence-electron chi connectivity index (χ3n) is 2.54. The first-order chi connectivity index (χ1) is 8.88. The molecular weight excluding hydrogens is 326 g/mol. The van der Waals surface area contributed by atoms with E-state index in [0.29, 0.717) is 11.5 Å². The molecule has 0 saturated heterocycles. The minimum absolute atomic E-state index is 0.0805. The molecule has 0 unspecified atom stereocenters. The lowest BCUT2D eigenvalue weighted by molar-refractivity contribution is -0.117. The lowest BCUT2D eigenvalue weighted by Gasteiger charge is -2.25. The van der Waals surface area contributed by atoms with E-state index in [1.807, 2.05) is 43.0 Å². The number of nitrogens with zero attached hydrogens (tertiary/aromatic N) is 1. The summed E-state index contributed by atoms with van der Waals surface area (Å²) < 4.78 is 0.925. The number of anilines is 1. The van der Waals surface area contributed by atoms with Crippen molar-refractivity contribution in [1.29, 1.82) is 0 Å². The molecule has 0 atom stereocenters. The zero-order chi connectivity index (χ0) is 14.4. The second-order valence-corrected chi connectivity index (χ2v) is 5.96. The summed E-state index contributed by atoms with van der Waals surface area (Å²) in [5, 5.41) is 2.85. The number of carbonyl (C=O) groups is 1. The Morgan fingerprint density at radius 2 is 2.16 bits per heavy atom. The normalized spacial score (nSPS) is 10.8. The molecule has 0 heterocycles. The van der Waals surface area contributed by atoms with Crippen molar-refractivity contribution in [2.45, 2.75) is 19.9 Å². The van der Waals surface area contributed by atoms with E-state index in [4.69, 9.17) is 18.0 Å². The van der Waals surface area contributed by atoms with Gasteiger partial charge < -0.3 is 11.1 Å². The molecule has 104 valence electrons. The van der Waals surface area contributed by atoms with Gasteiger partial charge in [-0.3, -0.25) is 9.69 Å². The molecule has 0 aromatic heterocycles. The Morgan fingerprint density at radius 3 is 2.68 bits per heavy atom. The standard InChI is InChI=1S/C13H18BrN3OS/c1-9(2)17(7-12(15)19)8-13(18)16-11-5-3-4-10(14)6-11/h3-6,9H,7-8H2,1-2H3,(H2,15,19)(H,16,18). The molecule has 4 nitrogen and oxygen atoms in total. The molecule has 6 heteroatoms. The van der Waals surface area contributed by atoms with Gasteiger partial charge in [0, 0.05) is 22.7 Å². The monoisotopic (exact) mass is 343 g/mol. The van der Waals surface area contributed by atoms with Gasteiger partial charge in [-0.1, -0.05) is 34.2 Å². The molecule has 0 saturated carbocycles. The van der Waals surface area contributed by atoms with Gasteiger partial charge in [-0.25, -0.2) is 0 Å². The predicted octanol–water partition coefficient (Wildman–Crippen LogP) is 2.38. The second-order valence-electron chi connectivity index (χ2n) is 4.52. The summed E-state index contributed by atoms with van der Waals surface area (Å²) in [6.07, 6.45) is 0. The SMILES string of the molecule is CC(C)N(CC(=O)Nc1cccc(Br)c1)CC(N)=S. The fraction of sp³-hybridized carbons (Fsp3) is 0.385. The van der Waals surface area contributed by atoms with Crippen LogP contribution < -0.4 is 11.1 Å². The van der Waals surface area contributed by atoms with Crippen molar-refractivity contribution in [2.75, 3.05) is 18.4 Å². The largest absolute Gasteiger partial charge is 0.392 e. The van der Waals surface area contributed by atoms with Gasteiger partial charge in [0.1, 0.15) is 0 Å². The van der Waals surface area contributed by atoms with Crippen LogP contribution in [0.4, 0.5) is 5.69 Å². The Hall–Kier alpha value is -0.980. The molecule has 1 amide bonds. The Morgan fingerprint density at radius 1 is 1.47 bits per heavy atom. The Kier molecular flexibility index (Phi) is 6.41. The van der Waals surface area contributed by atoms with Gasteiger partial charge in [-0.15, -0.1) is 0 Å². The van der Waals surface area contributed by atoms with E-state index in [1.165, 1.54) is 0 Å². The van der Waals surface area contributed by atoms with Crippen LogP contribution in [-0.4, -0.2) is 34.9 Å². The average molecular weight is 344 g/mol. The maximum Gasteiger partial charge on any atom is 0.238 e. The van der Waals surface area contributed by atoms with Gasteiger partial charge in [0.25, 0.3) is 0 Å². The number of halogens is 1. The zero-order valence-electron chi connectivity index (χ0n) is 11.0. The number of nitrogens with two attached hydrogens (primary N) is 1. The highest BCUT2D eigenvalue weighted by atomic mass is 79.9. The number of thiocarbonyl (C=S) groups is 1. The van der Waals surface area contributed by atoms with Crippen LogP contribution in [0.2, 0.25) is 0 Å². The summed E-state index contributed by atoms with van der Waals surface area (Å²) in [5.41, 5.74) is 6.29. The smallest absolute Gasteiger partial charge is 0.238 e. The number of amides is 1. The maximum atomic E-state index is 12.0. The summed E-state index contributed by atoms with van der Waals surface area (Å²) in [6, 6.07) is 7.67. The Bertz CT molecular complexity index is 465. The Labute approximate surface area is 127 Å². The third kappa shape index (κ3) is 6.13. The topological polar surface area (TPSA) is 58.4 Å². The highest BCUT2D eigenvalue weighted by molar-refractivity contribution is 9.10. The molecule has 0 aliphatic carbocycles. The van der Waals surface area contributed by atoms with E-state index in [9.17, 15) is 4.79 Å². The lowest BCUT2D eigenvalue weighted by atomic mass is 10.3. The molecule has 0 radical (unpaired) electrons. The highest BCUT2D eigenvalue weighted by Crippen LogP contribution is 2.15. The van der Waals surface area contributed by atoms with Crippen LogP contribution in [0.25, 0.3) is 0 Å². The minimum Gasteiger partial charge on any atom is -0.392 e. The first kappa shape index (κ1) is 16.1. The number of hydrogen-bond donors (Lipinski definition) is 2.